The van der Waals surface area contributed by atoms with Crippen LogP contribution in [0.15, 0.2) is 0 Å². The molecule has 1 atom stereocenters. The van der Waals surface area contributed by atoms with Crippen LogP contribution in [-0.2, 0) is 9.53 Å². The molecule has 108 valence electrons. The monoisotopic (exact) mass is 270 g/mol. The van der Waals surface area contributed by atoms with Crippen LogP contribution in [-0.4, -0.2) is 65.8 Å². The first-order valence-electron chi connectivity index (χ1n) is 6.92. The molecule has 1 saturated carbocycles. The molecule has 6 heteroatoms. The largest absolute Gasteiger partial charge is 0.480 e. The molecule has 0 aromatic rings. The molecule has 6 nitrogen and oxygen atoms in total. The summed E-state index contributed by atoms with van der Waals surface area (Å²) in [5.74, 6) is -0.942. The Morgan fingerprint density at radius 2 is 2.00 bits per heavy atom. The van der Waals surface area contributed by atoms with Crippen LogP contribution in [0.25, 0.3) is 0 Å². The van der Waals surface area contributed by atoms with Gasteiger partial charge >= 0.3 is 12.0 Å². The van der Waals surface area contributed by atoms with Crippen LogP contribution in [0.2, 0.25) is 0 Å². The predicted molar refractivity (Wildman–Crippen MR) is 69.0 cm³/mol. The summed E-state index contributed by atoms with van der Waals surface area (Å²) in [4.78, 5) is 26.7. The fraction of sp³-hybridized carbons (Fsp3) is 0.846. The molecule has 2 fully saturated rings. The highest BCUT2D eigenvalue weighted by atomic mass is 16.5. The van der Waals surface area contributed by atoms with Crippen molar-refractivity contribution < 1.29 is 19.4 Å². The lowest BCUT2D eigenvalue weighted by molar-refractivity contribution is -0.138. The minimum atomic E-state index is -0.942. The topological polar surface area (TPSA) is 70.1 Å². The Bertz CT molecular complexity index is 342. The molecule has 1 N–H and O–H groups in total. The average molecular weight is 270 g/mol. The maximum atomic E-state index is 12.5. The summed E-state index contributed by atoms with van der Waals surface area (Å²) in [5, 5.41) is 9.00. The van der Waals surface area contributed by atoms with Crippen molar-refractivity contribution >= 4 is 12.0 Å². The van der Waals surface area contributed by atoms with Gasteiger partial charge in [-0.05, 0) is 19.3 Å². The number of hydrogen-bond donors (Lipinski definition) is 1. The van der Waals surface area contributed by atoms with Crippen molar-refractivity contribution in [2.24, 2.45) is 0 Å². The van der Waals surface area contributed by atoms with E-state index in [9.17, 15) is 9.59 Å². The van der Waals surface area contributed by atoms with Crippen molar-refractivity contribution in [1.29, 1.82) is 0 Å². The van der Waals surface area contributed by atoms with Gasteiger partial charge in [0, 0.05) is 26.2 Å². The fourth-order valence-corrected chi connectivity index (χ4v) is 2.99. The molecular formula is C13H22N2O4. The SMILES string of the molecule is COC1CCN(C(=O)N(CC(=O)O)C2CCCC2)C1. The Balaban J connectivity index is 2.00. The molecule has 2 amide bonds. The van der Waals surface area contributed by atoms with E-state index in [0.717, 1.165) is 32.1 Å². The van der Waals surface area contributed by atoms with Crippen molar-refractivity contribution in [3.8, 4) is 0 Å². The summed E-state index contributed by atoms with van der Waals surface area (Å²) < 4.78 is 5.25. The third-order valence-corrected chi connectivity index (χ3v) is 4.07. The summed E-state index contributed by atoms with van der Waals surface area (Å²) in [7, 11) is 1.64. The summed E-state index contributed by atoms with van der Waals surface area (Å²) >= 11 is 0. The van der Waals surface area contributed by atoms with Crippen molar-refractivity contribution in [3.63, 3.8) is 0 Å². The Morgan fingerprint density at radius 1 is 1.32 bits per heavy atom. The van der Waals surface area contributed by atoms with E-state index in [4.69, 9.17) is 9.84 Å². The Morgan fingerprint density at radius 3 is 2.53 bits per heavy atom. The highest BCUT2D eigenvalue weighted by molar-refractivity contribution is 5.80. The first-order chi connectivity index (χ1) is 9.11. The van der Waals surface area contributed by atoms with Crippen LogP contribution in [0.5, 0.6) is 0 Å². The molecular weight excluding hydrogens is 248 g/mol. The number of carboxylic acid groups (broad SMARTS) is 1. The zero-order chi connectivity index (χ0) is 13.8. The molecule has 1 aliphatic heterocycles. The number of hydrogen-bond acceptors (Lipinski definition) is 3. The number of aliphatic carboxylic acids is 1. The van der Waals surface area contributed by atoms with E-state index < -0.39 is 5.97 Å². The second-order valence-electron chi connectivity index (χ2n) is 5.33. The normalized spacial score (nSPS) is 23.8. The first-order valence-corrected chi connectivity index (χ1v) is 6.92. The molecule has 0 radical (unpaired) electrons. The second kappa shape index (κ2) is 6.23. The van der Waals surface area contributed by atoms with E-state index in [1.54, 1.807) is 12.0 Å². The van der Waals surface area contributed by atoms with E-state index >= 15 is 0 Å². The third-order valence-electron chi connectivity index (χ3n) is 4.07. The molecule has 0 aromatic carbocycles. The maximum absolute atomic E-state index is 12.5. The molecule has 0 spiro atoms. The van der Waals surface area contributed by atoms with Gasteiger partial charge in [-0.2, -0.15) is 0 Å². The van der Waals surface area contributed by atoms with Gasteiger partial charge in [0.25, 0.3) is 0 Å². The van der Waals surface area contributed by atoms with Gasteiger partial charge in [-0.3, -0.25) is 4.79 Å². The maximum Gasteiger partial charge on any atom is 0.323 e. The average Bonchev–Trinajstić information content (AvgIpc) is 3.05. The minimum Gasteiger partial charge on any atom is -0.480 e. The van der Waals surface area contributed by atoms with E-state index in [1.807, 2.05) is 0 Å². The lowest BCUT2D eigenvalue weighted by Crippen LogP contribution is -2.49. The van der Waals surface area contributed by atoms with Crippen LogP contribution in [0, 0.1) is 0 Å². The van der Waals surface area contributed by atoms with E-state index in [2.05, 4.69) is 0 Å². The fourth-order valence-electron chi connectivity index (χ4n) is 2.99. The Hall–Kier alpha value is -1.30. The molecule has 1 aliphatic carbocycles. The number of nitrogens with zero attached hydrogens (tertiary/aromatic N) is 2. The lowest BCUT2D eigenvalue weighted by atomic mass is 10.2. The van der Waals surface area contributed by atoms with Gasteiger partial charge in [0.05, 0.1) is 6.10 Å². The molecule has 0 bridgehead atoms. The number of methoxy groups -OCH3 is 1. The zero-order valence-corrected chi connectivity index (χ0v) is 11.4. The number of carboxylic acids is 1. The van der Waals surface area contributed by atoms with Gasteiger partial charge in [-0.15, -0.1) is 0 Å². The van der Waals surface area contributed by atoms with Crippen LogP contribution in [0.1, 0.15) is 32.1 Å². The summed E-state index contributed by atoms with van der Waals surface area (Å²) in [6.45, 7) is 1.02. The standard InChI is InChI=1S/C13H22N2O4/c1-19-11-6-7-14(8-11)13(18)15(9-12(16)17)10-4-2-3-5-10/h10-11H,2-9H2,1H3,(H,16,17). The molecule has 1 saturated heterocycles. The van der Waals surface area contributed by atoms with Crippen molar-refractivity contribution in [3.05, 3.63) is 0 Å². The molecule has 1 unspecified atom stereocenters. The summed E-state index contributed by atoms with van der Waals surface area (Å²) in [6, 6.07) is -0.0564. The highest BCUT2D eigenvalue weighted by Crippen LogP contribution is 2.25. The quantitative estimate of drug-likeness (QED) is 0.832. The molecule has 0 aromatic heterocycles. The van der Waals surface area contributed by atoms with Gasteiger partial charge in [0.2, 0.25) is 0 Å². The van der Waals surface area contributed by atoms with Crippen molar-refractivity contribution in [2.75, 3.05) is 26.7 Å². The van der Waals surface area contributed by atoms with Crippen LogP contribution < -0.4 is 0 Å². The second-order valence-corrected chi connectivity index (χ2v) is 5.33. The van der Waals surface area contributed by atoms with Crippen LogP contribution >= 0.6 is 0 Å². The Labute approximate surface area is 113 Å². The van der Waals surface area contributed by atoms with Crippen molar-refractivity contribution in [1.82, 2.24) is 9.80 Å². The molecule has 1 heterocycles. The predicted octanol–water partition coefficient (Wildman–Crippen LogP) is 1.16. The number of rotatable bonds is 4. The van der Waals surface area contributed by atoms with E-state index in [-0.39, 0.29) is 24.7 Å². The van der Waals surface area contributed by atoms with Gasteiger partial charge in [0.15, 0.2) is 0 Å². The van der Waals surface area contributed by atoms with Gasteiger partial charge < -0.3 is 19.6 Å². The molecule has 2 aliphatic rings. The van der Waals surface area contributed by atoms with Gasteiger partial charge in [0.1, 0.15) is 6.54 Å². The number of ether oxygens (including phenoxy) is 1. The van der Waals surface area contributed by atoms with Crippen LogP contribution in [0.3, 0.4) is 0 Å². The minimum absolute atomic E-state index is 0.0826. The summed E-state index contributed by atoms with van der Waals surface area (Å²) in [5.41, 5.74) is 0. The van der Waals surface area contributed by atoms with Gasteiger partial charge in [-0.1, -0.05) is 12.8 Å². The third kappa shape index (κ3) is 3.37. The Kier molecular flexibility index (Phi) is 4.63. The molecule has 2 rings (SSSR count). The number of urea groups is 1. The lowest BCUT2D eigenvalue weighted by Gasteiger charge is -2.31. The number of amides is 2. The molecule has 19 heavy (non-hydrogen) atoms. The number of carbonyl (C=O) groups excluding carboxylic acids is 1. The summed E-state index contributed by atoms with van der Waals surface area (Å²) in [6.07, 6.45) is 4.90. The number of likely N-dealkylation sites (tertiary alicyclic amines) is 1. The first kappa shape index (κ1) is 14.1. The van der Waals surface area contributed by atoms with E-state index in [1.165, 1.54) is 4.90 Å². The highest BCUT2D eigenvalue weighted by Gasteiger charge is 2.34. The van der Waals surface area contributed by atoms with Crippen LogP contribution in [0.4, 0.5) is 4.79 Å². The van der Waals surface area contributed by atoms with Gasteiger partial charge in [-0.25, -0.2) is 4.79 Å². The van der Waals surface area contributed by atoms with E-state index in [0.29, 0.717) is 13.1 Å². The number of carbonyl (C=O) groups is 2. The van der Waals surface area contributed by atoms with Crippen molar-refractivity contribution in [2.45, 2.75) is 44.2 Å². The zero-order valence-electron chi connectivity index (χ0n) is 11.4. The smallest absolute Gasteiger partial charge is 0.323 e.